The number of hydrogen-bond acceptors (Lipinski definition) is 4. The lowest BCUT2D eigenvalue weighted by Crippen LogP contribution is -2.40. The number of H-pyrrole nitrogens is 1. The lowest BCUT2D eigenvalue weighted by atomic mass is 9.69. The molecule has 5 nitrogen and oxygen atoms in total. The quantitative estimate of drug-likeness (QED) is 0.858. The molecule has 5 heteroatoms. The van der Waals surface area contributed by atoms with Crippen molar-refractivity contribution in [3.8, 4) is 0 Å². The molecule has 2 N–H and O–H groups in total. The number of carbonyl (C=O) groups excluding carboxylic acids is 2. The Balaban J connectivity index is 2.16. The van der Waals surface area contributed by atoms with E-state index in [1.165, 1.54) is 0 Å². The molecule has 1 aliphatic carbocycles. The summed E-state index contributed by atoms with van der Waals surface area (Å²) in [5.41, 5.74) is 3.62. The second kappa shape index (κ2) is 6.47. The van der Waals surface area contributed by atoms with Crippen LogP contribution in [0.2, 0.25) is 0 Å². The fourth-order valence-corrected chi connectivity index (χ4v) is 3.81. The number of ether oxygens (including phenoxy) is 1. The highest BCUT2D eigenvalue weighted by atomic mass is 16.5. The van der Waals surface area contributed by atoms with E-state index in [9.17, 15) is 9.59 Å². The van der Waals surface area contributed by atoms with E-state index < -0.39 is 5.92 Å². The number of dihydropyridines is 1. The van der Waals surface area contributed by atoms with E-state index in [1.54, 1.807) is 6.92 Å². The largest absolute Gasteiger partial charge is 0.463 e. The Morgan fingerprint density at radius 3 is 2.76 bits per heavy atom. The van der Waals surface area contributed by atoms with Crippen LogP contribution < -0.4 is 10.3 Å². The van der Waals surface area contributed by atoms with Gasteiger partial charge in [0.25, 0.3) is 0 Å². The molecule has 1 unspecified atom stereocenters. The van der Waals surface area contributed by atoms with Gasteiger partial charge in [-0.2, -0.15) is 0 Å². The Labute approximate surface area is 148 Å². The molecule has 2 aliphatic rings. The van der Waals surface area contributed by atoms with Crippen molar-refractivity contribution in [3.05, 3.63) is 52.6 Å². The molecular weight excluding hydrogens is 316 g/mol. The number of aromatic nitrogens is 1. The van der Waals surface area contributed by atoms with E-state index in [-0.39, 0.29) is 17.2 Å². The zero-order chi connectivity index (χ0) is 18.2. The average Bonchev–Trinajstić information content (AvgIpc) is 2.53. The maximum absolute atomic E-state index is 13.0. The Bertz CT molecular complexity index is 775. The fourth-order valence-electron chi connectivity index (χ4n) is 3.81. The van der Waals surface area contributed by atoms with Gasteiger partial charge in [0.1, 0.15) is 5.92 Å². The molecule has 0 saturated heterocycles. The molecule has 0 saturated carbocycles. The van der Waals surface area contributed by atoms with Gasteiger partial charge in [0, 0.05) is 35.5 Å². The third-order valence-electron chi connectivity index (χ3n) is 4.78. The highest BCUT2D eigenvalue weighted by Crippen LogP contribution is 2.45. The average molecular weight is 341 g/mol. The van der Waals surface area contributed by atoms with Crippen LogP contribution in [0.1, 0.15) is 52.1 Å². The minimum atomic E-state index is -0.417. The maximum atomic E-state index is 13.0. The zero-order valence-electron chi connectivity index (χ0n) is 15.2. The normalized spacial score (nSPS) is 22.4. The number of allylic oxidation sites excluding steroid dienone is 3. The summed E-state index contributed by atoms with van der Waals surface area (Å²) in [7, 11) is 0. The van der Waals surface area contributed by atoms with Crippen molar-refractivity contribution in [2.24, 2.45) is 5.41 Å². The second-order valence-electron chi connectivity index (χ2n) is 7.47. The summed E-state index contributed by atoms with van der Waals surface area (Å²) in [5.74, 6) is -0.700. The highest BCUT2D eigenvalue weighted by molar-refractivity contribution is 6.03. The number of Topliss-reactive ketones (excluding diaryl/α,β-unsaturated/α-hetero) is 1. The molecule has 3 rings (SSSR count). The topological polar surface area (TPSA) is 69.5 Å². The van der Waals surface area contributed by atoms with Gasteiger partial charge in [-0.05, 0) is 25.7 Å². The predicted molar refractivity (Wildman–Crippen MR) is 93.3 cm³/mol. The lowest BCUT2D eigenvalue weighted by Gasteiger charge is -2.38. The van der Waals surface area contributed by atoms with Gasteiger partial charge >= 0.3 is 5.97 Å². The number of ketones is 1. The van der Waals surface area contributed by atoms with E-state index in [4.69, 9.17) is 4.74 Å². The van der Waals surface area contributed by atoms with Gasteiger partial charge in [-0.15, -0.1) is 0 Å². The summed E-state index contributed by atoms with van der Waals surface area (Å²) in [4.78, 5) is 28.8. The van der Waals surface area contributed by atoms with Gasteiger partial charge in [0.15, 0.2) is 17.7 Å². The molecule has 0 bridgehead atoms. The Kier molecular flexibility index (Phi) is 4.50. The Morgan fingerprint density at radius 1 is 1.36 bits per heavy atom. The van der Waals surface area contributed by atoms with Crippen LogP contribution >= 0.6 is 0 Å². The van der Waals surface area contributed by atoms with Crippen LogP contribution in [0, 0.1) is 5.41 Å². The van der Waals surface area contributed by atoms with Crippen LogP contribution in [0.3, 0.4) is 0 Å². The Morgan fingerprint density at radius 2 is 2.12 bits per heavy atom. The number of pyridine rings is 1. The lowest BCUT2D eigenvalue weighted by molar-refractivity contribution is -0.391. The molecule has 0 amide bonds. The maximum Gasteiger partial charge on any atom is 0.336 e. The first-order chi connectivity index (χ1) is 11.8. The van der Waals surface area contributed by atoms with Crippen LogP contribution in [-0.4, -0.2) is 18.4 Å². The summed E-state index contributed by atoms with van der Waals surface area (Å²) in [6.45, 7) is 8.15. The third-order valence-corrected chi connectivity index (χ3v) is 4.78. The molecule has 132 valence electrons. The van der Waals surface area contributed by atoms with Crippen LogP contribution in [0.4, 0.5) is 0 Å². The van der Waals surface area contributed by atoms with Gasteiger partial charge in [0.05, 0.1) is 12.2 Å². The molecule has 0 spiro atoms. The molecule has 0 fully saturated rings. The van der Waals surface area contributed by atoms with Gasteiger partial charge in [-0.3, -0.25) is 4.79 Å². The fraction of sp³-hybridized carbons (Fsp3) is 0.450. The van der Waals surface area contributed by atoms with Crippen molar-refractivity contribution in [3.63, 3.8) is 0 Å². The number of nitrogens with one attached hydrogen (secondary N) is 2. The van der Waals surface area contributed by atoms with Crippen LogP contribution in [0.25, 0.3) is 0 Å². The summed E-state index contributed by atoms with van der Waals surface area (Å²) in [5, 5.41) is 3.32. The van der Waals surface area contributed by atoms with Crippen LogP contribution in [-0.2, 0) is 14.3 Å². The van der Waals surface area contributed by atoms with Crippen LogP contribution in [0.5, 0.6) is 0 Å². The minimum absolute atomic E-state index is 0.0877. The van der Waals surface area contributed by atoms with E-state index in [0.717, 1.165) is 23.5 Å². The van der Waals surface area contributed by atoms with E-state index in [0.29, 0.717) is 24.2 Å². The molecule has 1 aliphatic heterocycles. The minimum Gasteiger partial charge on any atom is -0.463 e. The molecule has 0 aromatic carbocycles. The van der Waals surface area contributed by atoms with E-state index in [1.807, 2.05) is 31.3 Å². The molecule has 1 aromatic heterocycles. The summed E-state index contributed by atoms with van der Waals surface area (Å²) in [6.07, 6.45) is 3.07. The van der Waals surface area contributed by atoms with Crippen molar-refractivity contribution in [2.45, 2.75) is 46.5 Å². The SMILES string of the molecule is CCOC(=O)C1=C(C)NC2=C(C(=O)CC(C)(C)C2)C1c1cccc[nH+]1. The number of rotatable bonds is 3. The summed E-state index contributed by atoms with van der Waals surface area (Å²) >= 11 is 0. The number of esters is 1. The monoisotopic (exact) mass is 341 g/mol. The molecule has 1 atom stereocenters. The second-order valence-corrected chi connectivity index (χ2v) is 7.47. The summed E-state index contributed by atoms with van der Waals surface area (Å²) < 4.78 is 5.27. The highest BCUT2D eigenvalue weighted by Gasteiger charge is 2.45. The van der Waals surface area contributed by atoms with E-state index >= 15 is 0 Å². The molecule has 1 aromatic rings. The predicted octanol–water partition coefficient (Wildman–Crippen LogP) is 2.67. The van der Waals surface area contributed by atoms with Gasteiger partial charge in [-0.1, -0.05) is 19.9 Å². The Hall–Kier alpha value is -2.43. The van der Waals surface area contributed by atoms with Crippen molar-refractivity contribution in [1.82, 2.24) is 5.32 Å². The van der Waals surface area contributed by atoms with Gasteiger partial charge in [0.2, 0.25) is 0 Å². The van der Waals surface area contributed by atoms with Crippen molar-refractivity contribution in [2.75, 3.05) is 6.61 Å². The first kappa shape index (κ1) is 17.4. The molecular formula is C20H25N2O3+. The van der Waals surface area contributed by atoms with Crippen molar-refractivity contribution < 1.29 is 19.3 Å². The molecule has 2 heterocycles. The van der Waals surface area contributed by atoms with Crippen molar-refractivity contribution >= 4 is 11.8 Å². The molecule has 25 heavy (non-hydrogen) atoms. The standard InChI is InChI=1S/C20H24N2O3/c1-5-25-19(24)16-12(2)22-14-10-20(3,4)11-15(23)17(14)18(16)13-8-6-7-9-21-13/h6-9,18,22H,5,10-11H2,1-4H3/p+1. The summed E-state index contributed by atoms with van der Waals surface area (Å²) in [6, 6.07) is 5.70. The molecule has 0 radical (unpaired) electrons. The third kappa shape index (κ3) is 3.23. The first-order valence-corrected chi connectivity index (χ1v) is 8.72. The van der Waals surface area contributed by atoms with E-state index in [2.05, 4.69) is 24.1 Å². The first-order valence-electron chi connectivity index (χ1n) is 8.72. The number of aromatic amines is 1. The van der Waals surface area contributed by atoms with Crippen molar-refractivity contribution in [1.29, 1.82) is 0 Å². The zero-order valence-corrected chi connectivity index (χ0v) is 15.2. The van der Waals surface area contributed by atoms with Gasteiger partial charge in [-0.25, -0.2) is 9.78 Å². The van der Waals surface area contributed by atoms with Gasteiger partial charge < -0.3 is 10.1 Å². The number of carbonyl (C=O) groups is 2. The smallest absolute Gasteiger partial charge is 0.336 e. The number of hydrogen-bond donors (Lipinski definition) is 1. The van der Waals surface area contributed by atoms with Crippen LogP contribution in [0.15, 0.2) is 46.9 Å².